The summed E-state index contributed by atoms with van der Waals surface area (Å²) >= 11 is 0. The minimum Gasteiger partial charge on any atom is -0.392 e. The van der Waals surface area contributed by atoms with Crippen LogP contribution >= 0.6 is 0 Å². The second-order valence-corrected chi connectivity index (χ2v) is 3.35. The predicted octanol–water partition coefficient (Wildman–Crippen LogP) is 3.14. The maximum Gasteiger partial charge on any atom is 0.0928 e. The summed E-state index contributed by atoms with van der Waals surface area (Å²) in [4.78, 5) is 0. The van der Waals surface area contributed by atoms with Crippen molar-refractivity contribution in [1.82, 2.24) is 0 Å². The van der Waals surface area contributed by atoms with E-state index in [1.54, 1.807) is 0 Å². The molecule has 0 saturated heterocycles. The van der Waals surface area contributed by atoms with Crippen LogP contribution in [0.5, 0.6) is 0 Å². The van der Waals surface area contributed by atoms with E-state index in [4.69, 9.17) is 5.11 Å². The normalized spacial score (nSPS) is 12.0. The molecular formula is C13H11FO. The number of hydrogen-bond donors (Lipinski definition) is 1. The molecule has 2 aromatic carbocycles. The van der Waals surface area contributed by atoms with Crippen LogP contribution < -0.4 is 0 Å². The molecule has 2 aromatic rings. The van der Waals surface area contributed by atoms with E-state index in [-0.39, 0.29) is 6.61 Å². The standard InChI is InChI=1S/C13H11FO/c14-8-13(9-15)12-6-5-10-3-1-2-4-11(10)7-12/h1-8,15H,9H2/b13-8-. The van der Waals surface area contributed by atoms with Gasteiger partial charge in [-0.05, 0) is 22.4 Å². The van der Waals surface area contributed by atoms with Crippen molar-refractivity contribution in [3.63, 3.8) is 0 Å². The number of halogens is 1. The summed E-state index contributed by atoms with van der Waals surface area (Å²) in [6, 6.07) is 13.5. The Morgan fingerprint density at radius 1 is 1.13 bits per heavy atom. The molecule has 76 valence electrons. The fourth-order valence-electron chi connectivity index (χ4n) is 1.58. The molecule has 2 heteroatoms. The first-order valence-electron chi connectivity index (χ1n) is 4.74. The summed E-state index contributed by atoms with van der Waals surface area (Å²) in [5, 5.41) is 11.1. The molecule has 0 spiro atoms. The molecule has 0 fully saturated rings. The van der Waals surface area contributed by atoms with Gasteiger partial charge in [0.05, 0.1) is 12.9 Å². The second kappa shape index (κ2) is 4.24. The first-order chi connectivity index (χ1) is 7.35. The van der Waals surface area contributed by atoms with Crippen LogP contribution in [0, 0.1) is 0 Å². The molecule has 0 saturated carbocycles. The van der Waals surface area contributed by atoms with Crippen molar-refractivity contribution >= 4 is 16.3 Å². The molecule has 0 heterocycles. The quantitative estimate of drug-likeness (QED) is 0.793. The smallest absolute Gasteiger partial charge is 0.0928 e. The summed E-state index contributed by atoms with van der Waals surface area (Å²) < 4.78 is 12.4. The van der Waals surface area contributed by atoms with E-state index < -0.39 is 0 Å². The summed E-state index contributed by atoms with van der Waals surface area (Å²) in [5.74, 6) is 0. The summed E-state index contributed by atoms with van der Waals surface area (Å²) in [6.07, 6.45) is 0.449. The molecule has 1 nitrogen and oxygen atoms in total. The van der Waals surface area contributed by atoms with E-state index in [9.17, 15) is 4.39 Å². The van der Waals surface area contributed by atoms with Crippen LogP contribution in [0.25, 0.3) is 16.3 Å². The van der Waals surface area contributed by atoms with E-state index in [2.05, 4.69) is 0 Å². The van der Waals surface area contributed by atoms with E-state index in [1.165, 1.54) is 0 Å². The SMILES string of the molecule is OC/C(=C/F)c1ccc2ccccc2c1. The van der Waals surface area contributed by atoms with Crippen molar-refractivity contribution < 1.29 is 9.50 Å². The van der Waals surface area contributed by atoms with Crippen LogP contribution in [0.2, 0.25) is 0 Å². The highest BCUT2D eigenvalue weighted by Gasteiger charge is 2.01. The predicted molar refractivity (Wildman–Crippen MR) is 60.1 cm³/mol. The molecule has 2 rings (SSSR count). The highest BCUT2D eigenvalue weighted by Crippen LogP contribution is 2.20. The second-order valence-electron chi connectivity index (χ2n) is 3.35. The number of rotatable bonds is 2. The Balaban J connectivity index is 2.56. The van der Waals surface area contributed by atoms with Gasteiger partial charge in [-0.1, -0.05) is 36.4 Å². The van der Waals surface area contributed by atoms with E-state index >= 15 is 0 Å². The Bertz CT molecular complexity index is 503. The highest BCUT2D eigenvalue weighted by molar-refractivity contribution is 5.86. The molecule has 0 aromatic heterocycles. The van der Waals surface area contributed by atoms with Gasteiger partial charge < -0.3 is 5.11 Å². The first-order valence-corrected chi connectivity index (χ1v) is 4.74. The molecule has 0 aliphatic rings. The van der Waals surface area contributed by atoms with Crippen molar-refractivity contribution in [2.24, 2.45) is 0 Å². The Labute approximate surface area is 87.5 Å². The third kappa shape index (κ3) is 1.90. The Morgan fingerprint density at radius 2 is 1.87 bits per heavy atom. The first kappa shape index (κ1) is 9.87. The van der Waals surface area contributed by atoms with E-state index in [0.717, 1.165) is 16.3 Å². The van der Waals surface area contributed by atoms with Gasteiger partial charge in [-0.25, -0.2) is 4.39 Å². The third-order valence-electron chi connectivity index (χ3n) is 2.42. The van der Waals surface area contributed by atoms with Crippen molar-refractivity contribution in [3.8, 4) is 0 Å². The molecule has 0 aliphatic carbocycles. The molecule has 0 atom stereocenters. The van der Waals surface area contributed by atoms with Crippen LogP contribution in [0.3, 0.4) is 0 Å². The minimum absolute atomic E-state index is 0.283. The zero-order chi connectivity index (χ0) is 10.7. The average molecular weight is 202 g/mol. The monoisotopic (exact) mass is 202 g/mol. The average Bonchev–Trinajstić information content (AvgIpc) is 2.30. The van der Waals surface area contributed by atoms with Crippen LogP contribution in [-0.2, 0) is 0 Å². The van der Waals surface area contributed by atoms with Crippen molar-refractivity contribution in [2.75, 3.05) is 6.61 Å². The maximum absolute atomic E-state index is 12.4. The lowest BCUT2D eigenvalue weighted by Crippen LogP contribution is -1.89. The Hall–Kier alpha value is -1.67. The molecule has 0 amide bonds. The van der Waals surface area contributed by atoms with Gasteiger partial charge in [-0.2, -0.15) is 0 Å². The van der Waals surface area contributed by atoms with Gasteiger partial charge in [0.2, 0.25) is 0 Å². The number of hydrogen-bond acceptors (Lipinski definition) is 1. The number of aliphatic hydroxyl groups is 1. The van der Waals surface area contributed by atoms with Gasteiger partial charge in [0.1, 0.15) is 0 Å². The Morgan fingerprint density at radius 3 is 2.53 bits per heavy atom. The van der Waals surface area contributed by atoms with Crippen molar-refractivity contribution in [1.29, 1.82) is 0 Å². The molecule has 0 aliphatic heterocycles. The number of fused-ring (bicyclic) bond motifs is 1. The molecule has 0 unspecified atom stereocenters. The van der Waals surface area contributed by atoms with Gasteiger partial charge in [0.25, 0.3) is 0 Å². The molecule has 1 N–H and O–H groups in total. The lowest BCUT2D eigenvalue weighted by atomic mass is 10.0. The topological polar surface area (TPSA) is 20.2 Å². The fraction of sp³-hybridized carbons (Fsp3) is 0.0769. The van der Waals surface area contributed by atoms with Crippen LogP contribution in [0.4, 0.5) is 4.39 Å². The Kier molecular flexibility index (Phi) is 2.79. The molecule has 15 heavy (non-hydrogen) atoms. The summed E-state index contributed by atoms with van der Waals surface area (Å²) in [7, 11) is 0. The molecule has 0 bridgehead atoms. The number of benzene rings is 2. The highest BCUT2D eigenvalue weighted by atomic mass is 19.1. The lowest BCUT2D eigenvalue weighted by Gasteiger charge is -2.04. The van der Waals surface area contributed by atoms with Gasteiger partial charge in [0.15, 0.2) is 0 Å². The third-order valence-corrected chi connectivity index (χ3v) is 2.42. The maximum atomic E-state index is 12.4. The van der Waals surface area contributed by atoms with Crippen LogP contribution in [0.15, 0.2) is 48.8 Å². The molecule has 0 radical (unpaired) electrons. The van der Waals surface area contributed by atoms with Crippen molar-refractivity contribution in [3.05, 3.63) is 54.4 Å². The van der Waals surface area contributed by atoms with Gasteiger partial charge >= 0.3 is 0 Å². The molecular weight excluding hydrogens is 191 g/mol. The van der Waals surface area contributed by atoms with Gasteiger partial charge in [-0.3, -0.25) is 0 Å². The largest absolute Gasteiger partial charge is 0.392 e. The zero-order valence-electron chi connectivity index (χ0n) is 8.15. The summed E-state index contributed by atoms with van der Waals surface area (Å²) in [6.45, 7) is -0.283. The fourth-order valence-corrected chi connectivity index (χ4v) is 1.58. The van der Waals surface area contributed by atoms with E-state index in [0.29, 0.717) is 11.9 Å². The van der Waals surface area contributed by atoms with Crippen LogP contribution in [-0.4, -0.2) is 11.7 Å². The van der Waals surface area contributed by atoms with Crippen LogP contribution in [0.1, 0.15) is 5.56 Å². The van der Waals surface area contributed by atoms with Gasteiger partial charge in [0, 0.05) is 5.57 Å². The minimum atomic E-state index is -0.283. The van der Waals surface area contributed by atoms with Gasteiger partial charge in [-0.15, -0.1) is 0 Å². The summed E-state index contributed by atoms with van der Waals surface area (Å²) in [5.41, 5.74) is 1.03. The zero-order valence-corrected chi connectivity index (χ0v) is 8.15. The lowest BCUT2D eigenvalue weighted by molar-refractivity contribution is 0.349. The number of aliphatic hydroxyl groups excluding tert-OH is 1. The van der Waals surface area contributed by atoms with E-state index in [1.807, 2.05) is 42.5 Å². The van der Waals surface area contributed by atoms with Crippen molar-refractivity contribution in [2.45, 2.75) is 0 Å².